The highest BCUT2D eigenvalue weighted by Crippen LogP contribution is 2.31. The Morgan fingerprint density at radius 1 is 0.735 bits per heavy atom. The number of H-pyrrole nitrogens is 2. The first-order valence-electron chi connectivity index (χ1n) is 17.2. The summed E-state index contributed by atoms with van der Waals surface area (Å²) in [5.41, 5.74) is 14.2. The zero-order chi connectivity index (χ0) is 34.3. The fraction of sp³-hybridized carbons (Fsp3) is 0.333. The van der Waals surface area contributed by atoms with Crippen LogP contribution >= 0.6 is 0 Å². The van der Waals surface area contributed by atoms with Crippen LogP contribution in [0.1, 0.15) is 51.2 Å². The number of methoxy groups -OCH3 is 1. The molecule has 0 spiro atoms. The first-order valence-corrected chi connectivity index (χ1v) is 17.2. The highest BCUT2D eigenvalue weighted by Gasteiger charge is 2.24. The minimum absolute atomic E-state index is 0.0533. The molecule has 1 atom stereocenters. The standard InChI is InChI=1S/C39H45N7O3/c1-24(2)37(46-39(48)49-3)38(47)41-19-7-5-9-36-43-32-17-15-30(23-34(32)45-36)28-13-11-25-20-27(12-10-26(25)21-28)29-14-16-31-33(22-29)44-35(42-31)8-4-6-18-40/h10-17,20-24,37H,4-9,18-19,40H2,1-3H3,(H,41,47)(H,42,44)(H,43,45)(H,46,48)/t37-/m0/s1. The van der Waals surface area contributed by atoms with Gasteiger partial charge in [0.25, 0.3) is 0 Å². The molecule has 0 radical (unpaired) electrons. The summed E-state index contributed by atoms with van der Waals surface area (Å²) >= 11 is 0. The highest BCUT2D eigenvalue weighted by molar-refractivity contribution is 5.93. The third-order valence-electron chi connectivity index (χ3n) is 8.98. The molecule has 0 aliphatic rings. The van der Waals surface area contributed by atoms with Crippen molar-refractivity contribution in [3.8, 4) is 22.3 Å². The molecule has 0 aliphatic heterocycles. The summed E-state index contributed by atoms with van der Waals surface area (Å²) in [4.78, 5) is 40.6. The molecule has 10 nitrogen and oxygen atoms in total. The molecule has 0 bridgehead atoms. The first-order chi connectivity index (χ1) is 23.8. The van der Waals surface area contributed by atoms with Gasteiger partial charge in [-0.05, 0) is 108 Å². The van der Waals surface area contributed by atoms with Crippen molar-refractivity contribution in [3.63, 3.8) is 0 Å². The molecule has 2 heterocycles. The Morgan fingerprint density at radius 2 is 1.24 bits per heavy atom. The van der Waals surface area contributed by atoms with Gasteiger partial charge in [-0.25, -0.2) is 14.8 Å². The summed E-state index contributed by atoms with van der Waals surface area (Å²) in [6.07, 6.45) is 4.78. The fourth-order valence-electron chi connectivity index (χ4n) is 6.22. The van der Waals surface area contributed by atoms with Crippen LogP contribution in [0, 0.1) is 5.92 Å². The minimum atomic E-state index is -0.633. The average Bonchev–Trinajstić information content (AvgIpc) is 3.72. The second kappa shape index (κ2) is 15.3. The van der Waals surface area contributed by atoms with Crippen LogP contribution < -0.4 is 16.4 Å². The molecule has 0 saturated carbocycles. The van der Waals surface area contributed by atoms with E-state index in [9.17, 15) is 9.59 Å². The topological polar surface area (TPSA) is 151 Å². The van der Waals surface area contributed by atoms with Gasteiger partial charge in [-0.15, -0.1) is 0 Å². The lowest BCUT2D eigenvalue weighted by Gasteiger charge is -2.20. The van der Waals surface area contributed by atoms with Crippen LogP contribution in [0.2, 0.25) is 0 Å². The number of amides is 2. The number of nitrogens with two attached hydrogens (primary N) is 1. The number of ether oxygens (including phenoxy) is 1. The van der Waals surface area contributed by atoms with Crippen molar-refractivity contribution in [2.45, 2.75) is 58.4 Å². The Balaban J connectivity index is 1.07. The Bertz CT molecular complexity index is 2080. The first kappa shape index (κ1) is 33.7. The predicted octanol–water partition coefficient (Wildman–Crippen LogP) is 7.03. The van der Waals surface area contributed by atoms with Crippen LogP contribution in [-0.2, 0) is 22.4 Å². The minimum Gasteiger partial charge on any atom is -0.453 e. The monoisotopic (exact) mass is 659 g/mol. The van der Waals surface area contributed by atoms with Crippen LogP contribution in [-0.4, -0.2) is 58.2 Å². The van der Waals surface area contributed by atoms with Gasteiger partial charge in [0.05, 0.1) is 29.2 Å². The number of unbranched alkanes of at least 4 members (excludes halogenated alkanes) is 2. The molecule has 10 heteroatoms. The lowest BCUT2D eigenvalue weighted by atomic mass is 9.97. The number of imidazole rings is 2. The van der Waals surface area contributed by atoms with Crippen molar-refractivity contribution >= 4 is 44.8 Å². The number of carbonyl (C=O) groups excluding carboxylic acids is 2. The van der Waals surface area contributed by atoms with E-state index in [-0.39, 0.29) is 11.8 Å². The lowest BCUT2D eigenvalue weighted by Crippen LogP contribution is -2.49. The smallest absolute Gasteiger partial charge is 0.407 e. The zero-order valence-electron chi connectivity index (χ0n) is 28.4. The van der Waals surface area contributed by atoms with Gasteiger partial charge < -0.3 is 31.1 Å². The molecule has 6 N–H and O–H groups in total. The van der Waals surface area contributed by atoms with Gasteiger partial charge in [0.2, 0.25) is 5.91 Å². The quantitative estimate of drug-likeness (QED) is 0.0793. The van der Waals surface area contributed by atoms with Crippen LogP contribution in [0.15, 0.2) is 72.8 Å². The molecular formula is C39H45N7O3. The number of nitrogens with zero attached hydrogens (tertiary/aromatic N) is 2. The number of fused-ring (bicyclic) bond motifs is 3. The van der Waals surface area contributed by atoms with Crippen LogP contribution in [0.4, 0.5) is 4.79 Å². The van der Waals surface area contributed by atoms with Gasteiger partial charge >= 0.3 is 6.09 Å². The number of aromatic amines is 2. The number of aryl methyl sites for hydroxylation is 2. The maximum Gasteiger partial charge on any atom is 0.407 e. The largest absolute Gasteiger partial charge is 0.453 e. The number of hydrogen-bond donors (Lipinski definition) is 5. The van der Waals surface area contributed by atoms with Crippen molar-refractivity contribution in [2.75, 3.05) is 20.2 Å². The van der Waals surface area contributed by atoms with Crippen LogP contribution in [0.25, 0.3) is 55.1 Å². The van der Waals surface area contributed by atoms with Gasteiger partial charge in [0.15, 0.2) is 0 Å². The molecule has 0 unspecified atom stereocenters. The predicted molar refractivity (Wildman–Crippen MR) is 196 cm³/mol. The van der Waals surface area contributed by atoms with Crippen molar-refractivity contribution in [2.24, 2.45) is 11.7 Å². The van der Waals surface area contributed by atoms with Gasteiger partial charge in [0.1, 0.15) is 17.7 Å². The average molecular weight is 660 g/mol. The van der Waals surface area contributed by atoms with E-state index in [0.717, 1.165) is 88.9 Å². The lowest BCUT2D eigenvalue weighted by molar-refractivity contribution is -0.124. The van der Waals surface area contributed by atoms with E-state index in [1.54, 1.807) is 0 Å². The Kier molecular flexibility index (Phi) is 10.5. The fourth-order valence-corrected chi connectivity index (χ4v) is 6.22. The summed E-state index contributed by atoms with van der Waals surface area (Å²) in [7, 11) is 1.29. The Morgan fingerprint density at radius 3 is 1.76 bits per heavy atom. The second-order valence-corrected chi connectivity index (χ2v) is 13.0. The second-order valence-electron chi connectivity index (χ2n) is 13.0. The molecule has 0 aliphatic carbocycles. The van der Waals surface area contributed by atoms with Crippen LogP contribution in [0.5, 0.6) is 0 Å². The van der Waals surface area contributed by atoms with Crippen LogP contribution in [0.3, 0.4) is 0 Å². The molecule has 0 fully saturated rings. The summed E-state index contributed by atoms with van der Waals surface area (Å²) in [6.45, 7) is 5.00. The number of carbonyl (C=O) groups is 2. The zero-order valence-corrected chi connectivity index (χ0v) is 28.4. The van der Waals surface area contributed by atoms with E-state index in [1.165, 1.54) is 23.4 Å². The Hall–Kier alpha value is -5.22. The van der Waals surface area contributed by atoms with E-state index in [2.05, 4.69) is 98.1 Å². The van der Waals surface area contributed by atoms with Crippen molar-refractivity contribution in [1.82, 2.24) is 30.6 Å². The van der Waals surface area contributed by atoms with E-state index in [4.69, 9.17) is 15.7 Å². The van der Waals surface area contributed by atoms with E-state index in [0.29, 0.717) is 13.1 Å². The molecule has 2 aromatic heterocycles. The maximum absolute atomic E-state index is 12.5. The van der Waals surface area contributed by atoms with Crippen molar-refractivity contribution in [1.29, 1.82) is 0 Å². The van der Waals surface area contributed by atoms with E-state index >= 15 is 0 Å². The van der Waals surface area contributed by atoms with Gasteiger partial charge in [0, 0.05) is 19.4 Å². The molecule has 49 heavy (non-hydrogen) atoms. The third-order valence-corrected chi connectivity index (χ3v) is 8.98. The molecule has 2 amide bonds. The van der Waals surface area contributed by atoms with E-state index < -0.39 is 12.1 Å². The number of nitrogens with one attached hydrogen (secondary N) is 4. The van der Waals surface area contributed by atoms with E-state index in [1.807, 2.05) is 13.8 Å². The molecule has 6 aromatic rings. The van der Waals surface area contributed by atoms with Crippen molar-refractivity contribution in [3.05, 3.63) is 84.4 Å². The summed E-state index contributed by atoms with van der Waals surface area (Å²) in [5.74, 6) is 1.68. The number of aromatic nitrogens is 4. The molecule has 0 saturated heterocycles. The van der Waals surface area contributed by atoms with Gasteiger partial charge in [-0.3, -0.25) is 4.79 Å². The summed E-state index contributed by atoms with van der Waals surface area (Å²) in [6, 6.07) is 25.4. The number of rotatable bonds is 14. The van der Waals surface area contributed by atoms with Crippen molar-refractivity contribution < 1.29 is 14.3 Å². The summed E-state index contributed by atoms with van der Waals surface area (Å²) < 4.78 is 4.64. The Labute approximate surface area is 286 Å². The summed E-state index contributed by atoms with van der Waals surface area (Å²) in [5, 5.41) is 7.90. The highest BCUT2D eigenvalue weighted by atomic mass is 16.5. The molecule has 254 valence electrons. The number of benzene rings is 4. The number of alkyl carbamates (subject to hydrolysis) is 1. The number of hydrogen-bond acceptors (Lipinski definition) is 6. The SMILES string of the molecule is COC(=O)N[C@H](C(=O)NCCCCc1nc2ccc(-c3ccc4cc(-c5ccc6nc(CCCCN)[nH]c6c5)ccc4c3)cc2[nH]1)C(C)C. The maximum atomic E-state index is 12.5. The molecular weight excluding hydrogens is 614 g/mol. The third kappa shape index (κ3) is 8.09. The van der Waals surface area contributed by atoms with Gasteiger partial charge in [-0.1, -0.05) is 50.2 Å². The van der Waals surface area contributed by atoms with Gasteiger partial charge in [-0.2, -0.15) is 0 Å². The molecule has 4 aromatic carbocycles. The molecule has 6 rings (SSSR count). The normalized spacial score (nSPS) is 12.2.